The average Bonchev–Trinajstić information content (AvgIpc) is 3.41. The minimum Gasteiger partial charge on any atom is -0.872 e. The number of aldehydes is 8. The van der Waals surface area contributed by atoms with Gasteiger partial charge in [0.2, 0.25) is 0 Å². The summed E-state index contributed by atoms with van der Waals surface area (Å²) < 4.78 is 0. The molecule has 0 saturated heterocycles. The fraction of sp³-hybridized carbons (Fsp3) is 0. The van der Waals surface area contributed by atoms with Gasteiger partial charge in [0.1, 0.15) is 50.3 Å². The third kappa shape index (κ3) is 29.8. The number of hydrogen-bond donors (Lipinski definition) is 0. The zero-order valence-electron chi connectivity index (χ0n) is 38.6. The van der Waals surface area contributed by atoms with Crippen LogP contribution in [0, 0.1) is 77.2 Å². The van der Waals surface area contributed by atoms with Crippen LogP contribution >= 0.6 is 0 Å². The molecule has 8 aromatic rings. The van der Waals surface area contributed by atoms with Gasteiger partial charge in [0.25, 0.3) is 0 Å². The van der Waals surface area contributed by atoms with Crippen molar-refractivity contribution >= 4 is 50.3 Å². The predicted molar refractivity (Wildman–Crippen MR) is 250 cm³/mol. The van der Waals surface area contributed by atoms with Gasteiger partial charge < -0.3 is 40.9 Å². The first kappa shape index (κ1) is 71.8. The van der Waals surface area contributed by atoms with E-state index in [2.05, 4.69) is 0 Å². The first-order valence-electron chi connectivity index (χ1n) is 20.4. The molecule has 0 spiro atoms. The Morgan fingerprint density at radius 3 is 0.333 bits per heavy atom. The van der Waals surface area contributed by atoms with E-state index in [0.717, 1.165) is 0 Å². The Balaban J connectivity index is -0.000000785. The van der Waals surface area contributed by atoms with Crippen LogP contribution in [-0.2, 0) is 16.8 Å². The van der Waals surface area contributed by atoms with Crippen molar-refractivity contribution in [2.75, 3.05) is 0 Å². The maximum atomic E-state index is 10.6. The molecule has 0 aliphatic heterocycles. The van der Waals surface area contributed by atoms with Gasteiger partial charge in [-0.25, -0.2) is 0 Å². The summed E-state index contributed by atoms with van der Waals surface area (Å²) in [4.78, 5) is 80.2. The van der Waals surface area contributed by atoms with Crippen molar-refractivity contribution in [1.82, 2.24) is 0 Å². The van der Waals surface area contributed by atoms with E-state index < -0.39 is 0 Å². The Morgan fingerprint density at radius 2 is 0.280 bits per heavy atom. The molecule has 8 rings (SSSR count). The Labute approximate surface area is 503 Å². The molecule has 0 aliphatic carbocycles. The van der Waals surface area contributed by atoms with Crippen molar-refractivity contribution in [3.63, 3.8) is 0 Å². The number of hydrogen-bond acceptors (Lipinski definition) is 16. The molecule has 0 N–H and O–H groups in total. The van der Waals surface area contributed by atoms with E-state index in [-0.39, 0.29) is 185 Å². The van der Waals surface area contributed by atoms with E-state index in [1.54, 1.807) is 97.1 Å². The fourth-order valence-corrected chi connectivity index (χ4v) is 4.62. The Morgan fingerprint density at radius 1 is 0.200 bits per heavy atom. The number of benzene rings is 8. The predicted octanol–water partition coefficient (Wildman–Crippen LogP) is 4.58. The van der Waals surface area contributed by atoms with E-state index in [1.807, 2.05) is 0 Å². The van der Waals surface area contributed by atoms with E-state index in [9.17, 15) is 79.2 Å². The molecule has 19 heteroatoms. The third-order valence-electron chi connectivity index (χ3n) is 8.37. The molecule has 0 unspecified atom stereocenters. The van der Waals surface area contributed by atoms with Crippen LogP contribution in [0.4, 0.5) is 0 Å². The molecule has 0 saturated carbocycles. The molecule has 8 aromatic carbocycles. The molecular weight excluding hydrogens is 1310 g/mol. The van der Waals surface area contributed by atoms with Gasteiger partial charge in [-0.15, -0.1) is 0 Å². The van der Waals surface area contributed by atoms with Gasteiger partial charge in [-0.2, -0.15) is 0 Å². The quantitative estimate of drug-likeness (QED) is 0.188. The summed E-state index contributed by atoms with van der Waals surface area (Å²) in [5.74, 6) is -1.72. The molecule has 389 valence electrons. The summed E-state index contributed by atoms with van der Waals surface area (Å²) in [6, 6.07) is 49.0. The maximum Gasteiger partial charge on any atom is 3.00 e. The van der Waals surface area contributed by atoms with Gasteiger partial charge in [0, 0.05) is 83.1 Å². The van der Waals surface area contributed by atoms with Crippen LogP contribution in [0.1, 0.15) is 82.9 Å². The normalized spacial score (nSPS) is 8.53. The minimum absolute atomic E-state index is 0. The molecule has 16 nitrogen and oxygen atoms in total. The van der Waals surface area contributed by atoms with Gasteiger partial charge in [-0.3, -0.25) is 38.4 Å². The molecule has 0 aliphatic rings. The summed E-state index contributed by atoms with van der Waals surface area (Å²) in [5, 5.41) is 85.0. The molecule has 0 bridgehead atoms. The Hall–Kier alpha value is -7.40. The topological polar surface area (TPSA) is 321 Å². The number of carbonyl (C=O) groups is 8. The van der Waals surface area contributed by atoms with Gasteiger partial charge in [-0.05, 0) is 0 Å². The Kier molecular flexibility index (Phi) is 42.3. The van der Waals surface area contributed by atoms with E-state index in [0.29, 0.717) is 50.3 Å². The second-order valence-electron chi connectivity index (χ2n) is 13.2. The fourth-order valence-electron chi connectivity index (χ4n) is 4.62. The summed E-state index contributed by atoms with van der Waals surface area (Å²) in [7, 11) is 0. The van der Waals surface area contributed by atoms with Gasteiger partial charge >= 0.3 is 55.4 Å². The molecule has 75 heavy (non-hydrogen) atoms. The number of para-hydroxylation sites is 8. The summed E-state index contributed by atoms with van der Waals surface area (Å²) in [6.45, 7) is 0. The van der Waals surface area contributed by atoms with Crippen molar-refractivity contribution < 1.29 is 173 Å². The van der Waals surface area contributed by atoms with Crippen LogP contribution in [0.5, 0.6) is 46.0 Å². The number of rotatable bonds is 8. The standard InChI is InChI=1S/8C7H6O2.Co.2Tb/c8*8-5-6-3-1-2-4-7(6)9;;;/h8*1-5,9H;;;/q;;;;;;;;+3;;+3/p-8. The SMILES string of the molecule is O=Cc1ccccc1[O-].O=Cc1ccccc1[O-].O=Cc1ccccc1[O-].O=Cc1ccccc1[O-].O=Cc1ccccc1[O-].O=Cc1ccccc1[O-].O=Cc1ccccc1[O-].O=Cc1ccccc1[O-].[Co+3].[Tb+3].[Tb]. The zero-order chi connectivity index (χ0) is 53.5. The summed E-state index contributed by atoms with van der Waals surface area (Å²) >= 11 is 0. The van der Waals surface area contributed by atoms with Crippen LogP contribution in [0.2, 0.25) is 0 Å². The summed E-state index contributed by atoms with van der Waals surface area (Å²) in [5.41, 5.74) is 1.76. The molecular formula is C56H40CoO16Tb2-2. The van der Waals surface area contributed by atoms with Crippen LogP contribution in [-0.4, -0.2) is 50.3 Å². The average molecular weight is 1350 g/mol. The zero-order valence-corrected chi connectivity index (χ0v) is 43.9. The van der Waals surface area contributed by atoms with Crippen molar-refractivity contribution in [3.8, 4) is 46.0 Å². The van der Waals surface area contributed by atoms with Crippen molar-refractivity contribution in [3.05, 3.63) is 239 Å². The van der Waals surface area contributed by atoms with Gasteiger partial charge in [0.15, 0.2) is 0 Å². The molecule has 0 amide bonds. The van der Waals surface area contributed by atoms with Gasteiger partial charge in [-0.1, -0.05) is 240 Å². The van der Waals surface area contributed by atoms with Crippen molar-refractivity contribution in [1.29, 1.82) is 0 Å². The van der Waals surface area contributed by atoms with Crippen LogP contribution in [0.15, 0.2) is 194 Å². The monoisotopic (exact) mass is 1350 g/mol. The first-order chi connectivity index (χ1) is 34.7. The third-order valence-corrected chi connectivity index (χ3v) is 8.37. The van der Waals surface area contributed by atoms with Crippen LogP contribution in [0.3, 0.4) is 0 Å². The number of carbonyl (C=O) groups excluding carboxylic acids is 8. The largest absolute Gasteiger partial charge is 3.00 e. The van der Waals surface area contributed by atoms with Crippen molar-refractivity contribution in [2.45, 2.75) is 0 Å². The molecule has 0 heterocycles. The van der Waals surface area contributed by atoms with Gasteiger partial charge in [0.05, 0.1) is 0 Å². The minimum atomic E-state index is -0.215. The van der Waals surface area contributed by atoms with E-state index >= 15 is 0 Å². The van der Waals surface area contributed by atoms with E-state index in [1.165, 1.54) is 97.1 Å². The summed E-state index contributed by atoms with van der Waals surface area (Å²) in [6.07, 6.45) is 4.46. The molecule has 0 atom stereocenters. The Bertz CT molecular complexity index is 2360. The van der Waals surface area contributed by atoms with E-state index in [4.69, 9.17) is 0 Å². The second kappa shape index (κ2) is 44.1. The van der Waals surface area contributed by atoms with Crippen LogP contribution in [0.25, 0.3) is 0 Å². The molecule has 1 radical (unpaired) electrons. The first-order valence-corrected chi connectivity index (χ1v) is 20.4. The van der Waals surface area contributed by atoms with Crippen molar-refractivity contribution in [2.24, 2.45) is 0 Å². The maximum absolute atomic E-state index is 10.6. The van der Waals surface area contributed by atoms with Crippen LogP contribution < -0.4 is 40.9 Å². The molecule has 0 aromatic heterocycles. The smallest absolute Gasteiger partial charge is 0.872 e. The molecule has 0 fully saturated rings. The second-order valence-corrected chi connectivity index (χ2v) is 13.2.